The molecule has 2 amide bonds. The summed E-state index contributed by atoms with van der Waals surface area (Å²) < 4.78 is 0.845. The van der Waals surface area contributed by atoms with Crippen LogP contribution in [-0.2, 0) is 4.79 Å². The Morgan fingerprint density at radius 3 is 2.30 bits per heavy atom. The van der Waals surface area contributed by atoms with Crippen LogP contribution >= 0.6 is 34.8 Å². The third-order valence-electron chi connectivity index (χ3n) is 2.79. The molecule has 23 heavy (non-hydrogen) atoms. The van der Waals surface area contributed by atoms with Crippen LogP contribution in [0.2, 0.25) is 0 Å². The first-order valence-electron chi connectivity index (χ1n) is 6.70. The number of carbonyl (C=O) groups excluding carboxylic acids is 2. The minimum Gasteiger partial charge on any atom is -0.332 e. The van der Waals surface area contributed by atoms with Gasteiger partial charge >= 0.3 is 0 Å². The number of nitrogens with one attached hydrogen (secondary N) is 3. The Labute approximate surface area is 153 Å². The molecule has 5 nitrogen and oxygen atoms in total. The second-order valence-electron chi connectivity index (χ2n) is 4.65. The van der Waals surface area contributed by atoms with Crippen molar-refractivity contribution in [2.75, 3.05) is 10.6 Å². The first-order chi connectivity index (χ1) is 11.0. The van der Waals surface area contributed by atoms with Gasteiger partial charge in [-0.2, -0.15) is 0 Å². The van der Waals surface area contributed by atoms with E-state index < -0.39 is 0 Å². The molecule has 0 saturated heterocycles. The molecule has 0 bridgehead atoms. The highest BCUT2D eigenvalue weighted by atomic mass is 127. The Hall–Kier alpha value is -2.00. The first-order valence-corrected chi connectivity index (χ1v) is 8.19. The zero-order chi connectivity index (χ0) is 16.8. The zero-order valence-corrected chi connectivity index (χ0v) is 15.2. The highest BCUT2D eigenvalue weighted by Gasteiger charge is 2.11. The molecule has 2 aromatic carbocycles. The molecular weight excluding hydrogens is 425 g/mol. The minimum atomic E-state index is -0.273. The minimum absolute atomic E-state index is 0.156. The van der Waals surface area contributed by atoms with Crippen molar-refractivity contribution in [1.29, 1.82) is 0 Å². The maximum atomic E-state index is 12.2. The average Bonchev–Trinajstić information content (AvgIpc) is 2.47. The molecule has 0 aromatic heterocycles. The van der Waals surface area contributed by atoms with Gasteiger partial charge in [-0.15, -0.1) is 0 Å². The lowest BCUT2D eigenvalue weighted by Crippen LogP contribution is -2.34. The van der Waals surface area contributed by atoms with Crippen molar-refractivity contribution < 1.29 is 9.59 Å². The van der Waals surface area contributed by atoms with Crippen molar-refractivity contribution >= 4 is 63.1 Å². The molecule has 0 spiro atoms. The number of halogens is 1. The van der Waals surface area contributed by atoms with Gasteiger partial charge < -0.3 is 10.6 Å². The number of anilines is 2. The highest BCUT2D eigenvalue weighted by molar-refractivity contribution is 14.1. The van der Waals surface area contributed by atoms with Gasteiger partial charge in [-0.1, -0.05) is 18.2 Å². The van der Waals surface area contributed by atoms with Crippen molar-refractivity contribution in [3.8, 4) is 0 Å². The standard InChI is InChI=1S/C16H14IN3O2S/c1-10(21)18-11-5-4-6-12(9-11)19-16(23)20-15(22)13-7-2-3-8-14(13)17/h2-9H,1H3,(H,18,21)(H2,19,20,22,23). The molecule has 0 fully saturated rings. The van der Waals surface area contributed by atoms with Gasteiger partial charge in [0.25, 0.3) is 5.91 Å². The van der Waals surface area contributed by atoms with Gasteiger partial charge in [-0.25, -0.2) is 0 Å². The molecule has 2 aromatic rings. The fraction of sp³-hybridized carbons (Fsp3) is 0.0625. The summed E-state index contributed by atoms with van der Waals surface area (Å²) in [4.78, 5) is 23.2. The summed E-state index contributed by atoms with van der Waals surface area (Å²) in [6, 6.07) is 14.3. The smallest absolute Gasteiger partial charge is 0.258 e. The summed E-state index contributed by atoms with van der Waals surface area (Å²) in [5, 5.41) is 8.43. The van der Waals surface area contributed by atoms with E-state index >= 15 is 0 Å². The lowest BCUT2D eigenvalue weighted by atomic mass is 10.2. The lowest BCUT2D eigenvalue weighted by Gasteiger charge is -2.11. The van der Waals surface area contributed by atoms with E-state index in [1.807, 2.05) is 12.1 Å². The topological polar surface area (TPSA) is 70.2 Å². The van der Waals surface area contributed by atoms with E-state index in [2.05, 4.69) is 38.5 Å². The summed E-state index contributed by atoms with van der Waals surface area (Å²) in [5.74, 6) is -0.429. The van der Waals surface area contributed by atoms with Crippen molar-refractivity contribution in [2.24, 2.45) is 0 Å². The van der Waals surface area contributed by atoms with Gasteiger partial charge in [0.1, 0.15) is 0 Å². The molecule has 0 aliphatic heterocycles. The normalized spacial score (nSPS) is 9.83. The maximum absolute atomic E-state index is 12.2. The fourth-order valence-electron chi connectivity index (χ4n) is 1.86. The van der Waals surface area contributed by atoms with Gasteiger partial charge in [0.2, 0.25) is 5.91 Å². The van der Waals surface area contributed by atoms with Crippen LogP contribution in [0.15, 0.2) is 48.5 Å². The predicted molar refractivity (Wildman–Crippen MR) is 104 cm³/mol. The molecule has 0 aliphatic rings. The predicted octanol–water partition coefficient (Wildman–Crippen LogP) is 3.38. The molecule has 0 atom stereocenters. The maximum Gasteiger partial charge on any atom is 0.258 e. The van der Waals surface area contributed by atoms with Crippen LogP contribution in [0.5, 0.6) is 0 Å². The molecule has 0 aliphatic carbocycles. The molecule has 7 heteroatoms. The van der Waals surface area contributed by atoms with Gasteiger partial charge in [0, 0.05) is 21.9 Å². The van der Waals surface area contributed by atoms with Crippen molar-refractivity contribution in [1.82, 2.24) is 5.32 Å². The van der Waals surface area contributed by atoms with Crippen LogP contribution in [0.4, 0.5) is 11.4 Å². The van der Waals surface area contributed by atoms with Gasteiger partial charge in [0.05, 0.1) is 5.56 Å². The molecular formula is C16H14IN3O2S. The third-order valence-corrected chi connectivity index (χ3v) is 3.93. The van der Waals surface area contributed by atoms with Crippen molar-refractivity contribution in [3.63, 3.8) is 0 Å². The molecule has 2 rings (SSSR count). The summed E-state index contributed by atoms with van der Waals surface area (Å²) in [6.45, 7) is 1.44. The van der Waals surface area contributed by atoms with E-state index in [1.165, 1.54) is 6.92 Å². The number of carbonyl (C=O) groups is 2. The number of rotatable bonds is 3. The monoisotopic (exact) mass is 439 g/mol. The van der Waals surface area contributed by atoms with Crippen LogP contribution < -0.4 is 16.0 Å². The van der Waals surface area contributed by atoms with Crippen LogP contribution in [0.25, 0.3) is 0 Å². The molecule has 0 radical (unpaired) electrons. The van der Waals surface area contributed by atoms with E-state index in [4.69, 9.17) is 12.2 Å². The van der Waals surface area contributed by atoms with Crippen molar-refractivity contribution in [3.05, 3.63) is 57.7 Å². The summed E-state index contributed by atoms with van der Waals surface area (Å²) in [6.07, 6.45) is 0. The van der Waals surface area contributed by atoms with Crippen LogP contribution in [0.3, 0.4) is 0 Å². The molecule has 0 saturated carbocycles. The largest absolute Gasteiger partial charge is 0.332 e. The Morgan fingerprint density at radius 1 is 1.00 bits per heavy atom. The van der Waals surface area contributed by atoms with E-state index in [9.17, 15) is 9.59 Å². The first kappa shape index (κ1) is 17.4. The lowest BCUT2D eigenvalue weighted by molar-refractivity contribution is -0.114. The zero-order valence-electron chi connectivity index (χ0n) is 12.2. The third kappa shape index (κ3) is 5.29. The summed E-state index contributed by atoms with van der Waals surface area (Å²) >= 11 is 7.25. The van der Waals surface area contributed by atoms with Crippen LogP contribution in [0, 0.1) is 3.57 Å². The Balaban J connectivity index is 2.01. The summed E-state index contributed by atoms with van der Waals surface area (Å²) in [5.41, 5.74) is 1.88. The second kappa shape index (κ2) is 8.02. The molecule has 3 N–H and O–H groups in total. The van der Waals surface area contributed by atoms with E-state index in [0.29, 0.717) is 16.9 Å². The van der Waals surface area contributed by atoms with Gasteiger partial charge in [0.15, 0.2) is 5.11 Å². The van der Waals surface area contributed by atoms with Gasteiger partial charge in [-0.3, -0.25) is 14.9 Å². The number of amides is 2. The van der Waals surface area contributed by atoms with Crippen molar-refractivity contribution in [2.45, 2.75) is 6.92 Å². The number of hydrogen-bond acceptors (Lipinski definition) is 3. The van der Waals surface area contributed by atoms with E-state index in [-0.39, 0.29) is 16.9 Å². The number of thiocarbonyl (C=S) groups is 1. The number of benzene rings is 2. The van der Waals surface area contributed by atoms with E-state index in [1.54, 1.807) is 36.4 Å². The summed E-state index contributed by atoms with van der Waals surface area (Å²) in [7, 11) is 0. The van der Waals surface area contributed by atoms with E-state index in [0.717, 1.165) is 3.57 Å². The Morgan fingerprint density at radius 2 is 1.65 bits per heavy atom. The highest BCUT2D eigenvalue weighted by Crippen LogP contribution is 2.15. The second-order valence-corrected chi connectivity index (χ2v) is 6.22. The molecule has 118 valence electrons. The average molecular weight is 439 g/mol. The Kier molecular flexibility index (Phi) is 6.05. The fourth-order valence-corrected chi connectivity index (χ4v) is 2.70. The quantitative estimate of drug-likeness (QED) is 0.507. The molecule has 0 heterocycles. The SMILES string of the molecule is CC(=O)Nc1cccc(NC(=S)NC(=O)c2ccccc2I)c1. The van der Waals surface area contributed by atoms with Gasteiger partial charge in [-0.05, 0) is 65.1 Å². The molecule has 0 unspecified atom stereocenters. The van der Waals surface area contributed by atoms with Crippen LogP contribution in [0.1, 0.15) is 17.3 Å². The van der Waals surface area contributed by atoms with Crippen LogP contribution in [-0.4, -0.2) is 16.9 Å². The number of hydrogen-bond donors (Lipinski definition) is 3. The Bertz CT molecular complexity index is 764.